The van der Waals surface area contributed by atoms with Crippen molar-refractivity contribution in [3.63, 3.8) is 0 Å². The highest BCUT2D eigenvalue weighted by atomic mass is 16.5. The van der Waals surface area contributed by atoms with Crippen LogP contribution in [0.3, 0.4) is 0 Å². The number of anilines is 1. The summed E-state index contributed by atoms with van der Waals surface area (Å²) in [5.74, 6) is 0.0843. The Labute approximate surface area is 107 Å². The number of amides is 2. The number of rotatable bonds is 1. The summed E-state index contributed by atoms with van der Waals surface area (Å²) in [5, 5.41) is 2.55. The Morgan fingerprint density at radius 1 is 1.42 bits per heavy atom. The molecule has 1 aliphatic rings. The topological polar surface area (TPSA) is 116 Å². The van der Waals surface area contributed by atoms with Gasteiger partial charge < -0.3 is 14.6 Å². The monoisotopic (exact) mass is 264 g/mol. The average Bonchev–Trinajstić information content (AvgIpc) is 2.88. The lowest BCUT2D eigenvalue weighted by molar-refractivity contribution is 0.0564. The third-order valence-electron chi connectivity index (χ3n) is 2.82. The number of aromatic amines is 2. The third-order valence-corrected chi connectivity index (χ3v) is 2.82. The molecule has 2 aromatic heterocycles. The van der Waals surface area contributed by atoms with Crippen LogP contribution in [-0.2, 0) is 4.74 Å². The highest BCUT2D eigenvalue weighted by Gasteiger charge is 2.18. The molecule has 1 aliphatic heterocycles. The minimum atomic E-state index is -0.375. The average molecular weight is 264 g/mol. The number of nitrogens with zero attached hydrogens (tertiary/aromatic N) is 3. The first-order valence-electron chi connectivity index (χ1n) is 5.81. The molecule has 3 N–H and O–H groups in total. The van der Waals surface area contributed by atoms with Crippen LogP contribution in [-0.4, -0.2) is 57.2 Å². The van der Waals surface area contributed by atoms with Crippen molar-refractivity contribution in [2.24, 2.45) is 0 Å². The van der Waals surface area contributed by atoms with Gasteiger partial charge in [0.05, 0.1) is 19.5 Å². The van der Waals surface area contributed by atoms with Crippen molar-refractivity contribution in [3.05, 3.63) is 16.7 Å². The summed E-state index contributed by atoms with van der Waals surface area (Å²) in [7, 11) is 0. The van der Waals surface area contributed by atoms with E-state index in [1.807, 2.05) is 0 Å². The maximum atomic E-state index is 11.9. The lowest BCUT2D eigenvalue weighted by atomic mass is 10.4. The smallest absolute Gasteiger partial charge is 0.324 e. The SMILES string of the molecule is O=C(Nc1nc2nc[nH]c2c(=O)[nH]1)N1CCOCC1. The van der Waals surface area contributed by atoms with Gasteiger partial charge in [0.25, 0.3) is 5.56 Å². The molecule has 0 saturated carbocycles. The van der Waals surface area contributed by atoms with E-state index in [-0.39, 0.29) is 28.7 Å². The number of urea groups is 1. The minimum absolute atomic E-state index is 0.0843. The van der Waals surface area contributed by atoms with Gasteiger partial charge in [0.1, 0.15) is 0 Å². The Bertz CT molecular complexity index is 657. The van der Waals surface area contributed by atoms with Crippen LogP contribution in [0.4, 0.5) is 10.7 Å². The third kappa shape index (κ3) is 2.27. The van der Waals surface area contributed by atoms with Crippen LogP contribution >= 0.6 is 0 Å². The predicted molar refractivity (Wildman–Crippen MR) is 65.9 cm³/mol. The zero-order valence-electron chi connectivity index (χ0n) is 9.97. The highest BCUT2D eigenvalue weighted by Crippen LogP contribution is 2.05. The lowest BCUT2D eigenvalue weighted by Gasteiger charge is -2.26. The molecule has 3 heterocycles. The van der Waals surface area contributed by atoms with E-state index in [0.29, 0.717) is 26.3 Å². The number of carbonyl (C=O) groups is 1. The Balaban J connectivity index is 1.80. The van der Waals surface area contributed by atoms with Crippen molar-refractivity contribution >= 4 is 23.1 Å². The minimum Gasteiger partial charge on any atom is -0.378 e. The number of hydrogen-bond acceptors (Lipinski definition) is 5. The molecule has 0 unspecified atom stereocenters. The van der Waals surface area contributed by atoms with E-state index in [4.69, 9.17) is 4.74 Å². The molecule has 0 atom stereocenters. The van der Waals surface area contributed by atoms with Crippen LogP contribution in [0.15, 0.2) is 11.1 Å². The molecular weight excluding hydrogens is 252 g/mol. The van der Waals surface area contributed by atoms with Crippen molar-refractivity contribution in [3.8, 4) is 0 Å². The predicted octanol–water partition coefficient (Wildman–Crippen LogP) is -0.490. The number of nitrogens with one attached hydrogen (secondary N) is 3. The molecule has 3 rings (SSSR count). The van der Waals surface area contributed by atoms with Gasteiger partial charge in [-0.1, -0.05) is 0 Å². The van der Waals surface area contributed by atoms with Crippen LogP contribution in [0.25, 0.3) is 11.2 Å². The molecule has 9 heteroatoms. The Morgan fingerprint density at radius 2 is 2.21 bits per heavy atom. The number of ether oxygens (including phenoxy) is 1. The maximum Gasteiger partial charge on any atom is 0.324 e. The van der Waals surface area contributed by atoms with E-state index in [0.717, 1.165) is 0 Å². The molecule has 2 amide bonds. The van der Waals surface area contributed by atoms with Crippen LogP contribution in [0.2, 0.25) is 0 Å². The first-order chi connectivity index (χ1) is 9.24. The van der Waals surface area contributed by atoms with E-state index in [1.54, 1.807) is 4.90 Å². The summed E-state index contributed by atoms with van der Waals surface area (Å²) in [6.07, 6.45) is 1.38. The molecule has 1 saturated heterocycles. The number of aromatic nitrogens is 4. The summed E-state index contributed by atoms with van der Waals surface area (Å²) < 4.78 is 5.16. The zero-order valence-corrected chi connectivity index (χ0v) is 9.97. The molecule has 100 valence electrons. The fourth-order valence-corrected chi connectivity index (χ4v) is 1.85. The standard InChI is InChI=1S/C10H12N6O3/c17-8-6-7(12-5-11-6)13-9(14-8)15-10(18)16-1-3-19-4-2-16/h5H,1-4H2,(H3,11,12,13,14,15,17,18). The molecule has 0 spiro atoms. The zero-order chi connectivity index (χ0) is 13.2. The van der Waals surface area contributed by atoms with Crippen LogP contribution in [0.1, 0.15) is 0 Å². The van der Waals surface area contributed by atoms with Crippen molar-refractivity contribution in [2.75, 3.05) is 31.6 Å². The second-order valence-electron chi connectivity index (χ2n) is 4.05. The summed E-state index contributed by atoms with van der Waals surface area (Å²) in [4.78, 5) is 38.3. The second-order valence-corrected chi connectivity index (χ2v) is 4.05. The van der Waals surface area contributed by atoms with Gasteiger partial charge in [0.2, 0.25) is 5.95 Å². The number of carbonyl (C=O) groups excluding carboxylic acids is 1. The molecule has 19 heavy (non-hydrogen) atoms. The molecule has 0 aromatic carbocycles. The first-order valence-corrected chi connectivity index (χ1v) is 5.81. The Hall–Kier alpha value is -2.42. The first kappa shape index (κ1) is 11.7. The molecule has 0 radical (unpaired) electrons. The molecule has 2 aromatic rings. The normalized spacial score (nSPS) is 15.7. The molecule has 0 aliphatic carbocycles. The largest absolute Gasteiger partial charge is 0.378 e. The van der Waals surface area contributed by atoms with Gasteiger partial charge in [0.15, 0.2) is 11.2 Å². The maximum absolute atomic E-state index is 11.9. The number of hydrogen-bond donors (Lipinski definition) is 3. The lowest BCUT2D eigenvalue weighted by Crippen LogP contribution is -2.43. The van der Waals surface area contributed by atoms with E-state index in [1.165, 1.54) is 6.33 Å². The molecule has 9 nitrogen and oxygen atoms in total. The molecular formula is C10H12N6O3. The van der Waals surface area contributed by atoms with Gasteiger partial charge in [-0.2, -0.15) is 4.98 Å². The summed E-state index contributed by atoms with van der Waals surface area (Å²) in [6.45, 7) is 2.05. The van der Waals surface area contributed by atoms with Crippen LogP contribution in [0.5, 0.6) is 0 Å². The van der Waals surface area contributed by atoms with Crippen molar-refractivity contribution in [2.45, 2.75) is 0 Å². The van der Waals surface area contributed by atoms with Gasteiger partial charge >= 0.3 is 6.03 Å². The quantitative estimate of drug-likeness (QED) is 0.642. The fraction of sp³-hybridized carbons (Fsp3) is 0.400. The number of fused-ring (bicyclic) bond motifs is 1. The summed E-state index contributed by atoms with van der Waals surface area (Å²) >= 11 is 0. The van der Waals surface area contributed by atoms with Gasteiger partial charge in [-0.25, -0.2) is 9.78 Å². The van der Waals surface area contributed by atoms with Gasteiger partial charge in [-0.05, 0) is 0 Å². The Kier molecular flexibility index (Phi) is 2.88. The number of imidazole rings is 1. The van der Waals surface area contributed by atoms with E-state index >= 15 is 0 Å². The Morgan fingerprint density at radius 3 is 3.00 bits per heavy atom. The summed E-state index contributed by atoms with van der Waals surface area (Å²) in [6, 6.07) is -0.318. The van der Waals surface area contributed by atoms with E-state index < -0.39 is 0 Å². The molecule has 0 bridgehead atoms. The summed E-state index contributed by atoms with van der Waals surface area (Å²) in [5.41, 5.74) is 0.171. The number of H-pyrrole nitrogens is 2. The molecule has 1 fully saturated rings. The van der Waals surface area contributed by atoms with E-state index in [9.17, 15) is 9.59 Å². The van der Waals surface area contributed by atoms with E-state index in [2.05, 4.69) is 25.3 Å². The number of morpholine rings is 1. The van der Waals surface area contributed by atoms with Gasteiger partial charge in [-0.15, -0.1) is 0 Å². The van der Waals surface area contributed by atoms with Gasteiger partial charge in [0, 0.05) is 13.1 Å². The fourth-order valence-electron chi connectivity index (χ4n) is 1.85. The van der Waals surface area contributed by atoms with Gasteiger partial charge in [-0.3, -0.25) is 15.1 Å². The second kappa shape index (κ2) is 4.69. The highest BCUT2D eigenvalue weighted by molar-refractivity contribution is 5.88. The van der Waals surface area contributed by atoms with Crippen molar-refractivity contribution in [1.82, 2.24) is 24.8 Å². The van der Waals surface area contributed by atoms with Crippen molar-refractivity contribution in [1.29, 1.82) is 0 Å². The van der Waals surface area contributed by atoms with Crippen LogP contribution < -0.4 is 10.9 Å². The van der Waals surface area contributed by atoms with Crippen LogP contribution in [0, 0.1) is 0 Å². The van der Waals surface area contributed by atoms with Crippen molar-refractivity contribution < 1.29 is 9.53 Å².